The standard InChI is InChI=1S/C42H52N4S2/c1-37(2)25-13-17-29(43-25)39(5,6)33-21-23-35(47-33)41(9,10)31-19-15-27(45-31)38(3,4)28-16-20-32(46-28)42(11,12)36-24-22-34(48-36)40(7,8)30-18-14-26(37)44-30/h13-24,43-46H,1-12H3. The summed E-state index contributed by atoms with van der Waals surface area (Å²) in [5.74, 6) is 0. The molecule has 252 valence electrons. The highest BCUT2D eigenvalue weighted by molar-refractivity contribution is 7.12. The first-order chi connectivity index (χ1) is 22.3. The lowest BCUT2D eigenvalue weighted by Crippen LogP contribution is -2.24. The Morgan fingerprint density at radius 3 is 0.625 bits per heavy atom. The van der Waals surface area contributed by atoms with Gasteiger partial charge < -0.3 is 19.9 Å². The van der Waals surface area contributed by atoms with Crippen LogP contribution in [0.5, 0.6) is 0 Å². The first-order valence-electron chi connectivity index (χ1n) is 17.3. The summed E-state index contributed by atoms with van der Waals surface area (Å²) >= 11 is 3.85. The van der Waals surface area contributed by atoms with Gasteiger partial charge in [-0.15, -0.1) is 22.7 Å². The van der Waals surface area contributed by atoms with E-state index in [-0.39, 0.29) is 32.5 Å². The van der Waals surface area contributed by atoms with Crippen molar-refractivity contribution in [1.29, 1.82) is 0 Å². The maximum Gasteiger partial charge on any atom is 0.0447 e. The van der Waals surface area contributed by atoms with Crippen molar-refractivity contribution < 1.29 is 0 Å². The van der Waals surface area contributed by atoms with Gasteiger partial charge in [-0.25, -0.2) is 0 Å². The number of thiophene rings is 2. The third-order valence-electron chi connectivity index (χ3n) is 11.8. The Labute approximate surface area is 294 Å². The van der Waals surface area contributed by atoms with E-state index in [0.717, 1.165) is 0 Å². The van der Waals surface area contributed by atoms with Gasteiger partial charge in [0.25, 0.3) is 0 Å². The van der Waals surface area contributed by atoms with Crippen molar-refractivity contribution in [3.63, 3.8) is 0 Å². The van der Waals surface area contributed by atoms with Gasteiger partial charge in [0, 0.05) is 97.5 Å². The van der Waals surface area contributed by atoms with Gasteiger partial charge in [-0.05, 0) is 156 Å². The predicted octanol–water partition coefficient (Wildman–Crippen LogP) is 11.4. The minimum atomic E-state index is -0.216. The molecule has 0 saturated heterocycles. The van der Waals surface area contributed by atoms with Crippen molar-refractivity contribution in [1.82, 2.24) is 19.9 Å². The topological polar surface area (TPSA) is 63.2 Å². The number of nitrogens with one attached hydrogen (secondary N) is 4. The minimum absolute atomic E-state index is 0.164. The lowest BCUT2D eigenvalue weighted by atomic mass is 9.85. The Morgan fingerprint density at radius 1 is 0.271 bits per heavy atom. The largest absolute Gasteiger partial charge is 0.361 e. The fourth-order valence-electron chi connectivity index (χ4n) is 7.34. The Balaban J connectivity index is 1.38. The van der Waals surface area contributed by atoms with Crippen LogP contribution in [0.1, 0.15) is 148 Å². The summed E-state index contributed by atoms with van der Waals surface area (Å²) in [4.78, 5) is 21.0. The Morgan fingerprint density at radius 2 is 0.438 bits per heavy atom. The number of hydrogen-bond acceptors (Lipinski definition) is 2. The van der Waals surface area contributed by atoms with Gasteiger partial charge in [0.2, 0.25) is 0 Å². The van der Waals surface area contributed by atoms with Gasteiger partial charge in [0.05, 0.1) is 0 Å². The summed E-state index contributed by atoms with van der Waals surface area (Å²) in [6.45, 7) is 28.0. The number of hydrogen-bond donors (Lipinski definition) is 4. The molecule has 0 saturated carbocycles. The van der Waals surface area contributed by atoms with Crippen molar-refractivity contribution in [2.45, 2.75) is 116 Å². The number of aromatic amines is 4. The van der Waals surface area contributed by atoms with Crippen molar-refractivity contribution in [3.8, 4) is 0 Å². The zero-order chi connectivity index (χ0) is 34.7. The lowest BCUT2D eigenvalue weighted by Gasteiger charge is -2.28. The van der Waals surface area contributed by atoms with Crippen molar-refractivity contribution >= 4 is 22.7 Å². The summed E-state index contributed by atoms with van der Waals surface area (Å²) < 4.78 is 0. The van der Waals surface area contributed by atoms with Crippen LogP contribution in [0.25, 0.3) is 0 Å². The summed E-state index contributed by atoms with van der Waals surface area (Å²) in [6, 6.07) is 27.6. The molecular weight excluding hydrogens is 625 g/mol. The summed E-state index contributed by atoms with van der Waals surface area (Å²) in [5.41, 5.74) is 8.73. The molecule has 0 aliphatic carbocycles. The molecule has 1 aliphatic heterocycles. The molecule has 0 spiro atoms. The molecule has 4 nitrogen and oxygen atoms in total. The molecule has 4 N–H and O–H groups in total. The van der Waals surface area contributed by atoms with E-state index in [2.05, 4.69) is 176 Å². The van der Waals surface area contributed by atoms with Crippen molar-refractivity contribution in [2.24, 2.45) is 0 Å². The van der Waals surface area contributed by atoms with Crippen LogP contribution < -0.4 is 0 Å². The summed E-state index contributed by atoms with van der Waals surface area (Å²) in [6.07, 6.45) is 0. The van der Waals surface area contributed by atoms with E-state index in [9.17, 15) is 0 Å². The molecule has 0 aromatic carbocycles. The fraction of sp³-hybridized carbons (Fsp3) is 0.429. The van der Waals surface area contributed by atoms with Crippen LogP contribution >= 0.6 is 22.7 Å². The monoisotopic (exact) mass is 676 g/mol. The maximum atomic E-state index is 3.88. The Bertz CT molecular complexity index is 1590. The maximum absolute atomic E-state index is 3.88. The quantitative estimate of drug-likeness (QED) is 0.124. The minimum Gasteiger partial charge on any atom is -0.361 e. The van der Waals surface area contributed by atoms with Crippen molar-refractivity contribution in [2.75, 3.05) is 0 Å². The summed E-state index contributed by atoms with van der Waals surface area (Å²) in [7, 11) is 0. The molecule has 0 atom stereocenters. The molecule has 6 heteroatoms. The molecule has 0 amide bonds. The molecule has 0 radical (unpaired) electrons. The molecule has 6 aromatic rings. The third-order valence-corrected chi connectivity index (χ3v) is 15.3. The lowest BCUT2D eigenvalue weighted by molar-refractivity contribution is 0.572. The van der Waals surface area contributed by atoms with E-state index in [1.807, 2.05) is 22.7 Å². The van der Waals surface area contributed by atoms with Crippen LogP contribution in [0.4, 0.5) is 0 Å². The van der Waals surface area contributed by atoms with Crippen LogP contribution in [0.3, 0.4) is 0 Å². The molecule has 0 fully saturated rings. The van der Waals surface area contributed by atoms with Gasteiger partial charge in [0.1, 0.15) is 0 Å². The first kappa shape index (κ1) is 33.0. The SMILES string of the molecule is CC1(C)c2ccc([nH]2)C(C)(C)c2ccc(s2)C(C)(C)c2ccc([nH]2)C(C)(C)c2ccc([nH]2)C(C)(C)c2ccc(s2)C(C)(C)c2ccc1[nH]2. The second kappa shape index (κ2) is 10.5. The zero-order valence-electron chi connectivity index (χ0n) is 30.7. The fourth-order valence-corrected chi connectivity index (χ4v) is 9.82. The van der Waals surface area contributed by atoms with Crippen LogP contribution in [0.15, 0.2) is 72.8 Å². The second-order valence-corrected chi connectivity index (χ2v) is 19.4. The highest BCUT2D eigenvalue weighted by Crippen LogP contribution is 2.46. The number of rotatable bonds is 0. The molecule has 7 heterocycles. The van der Waals surface area contributed by atoms with E-state index >= 15 is 0 Å². The van der Waals surface area contributed by atoms with E-state index in [0.29, 0.717) is 0 Å². The van der Waals surface area contributed by atoms with E-state index < -0.39 is 0 Å². The second-order valence-electron chi connectivity index (χ2n) is 17.2. The average Bonchev–Trinajstić information content (AvgIpc) is 3.85. The predicted molar refractivity (Wildman–Crippen MR) is 205 cm³/mol. The Kier molecular flexibility index (Phi) is 7.23. The van der Waals surface area contributed by atoms with Gasteiger partial charge in [-0.3, -0.25) is 0 Å². The number of fused-ring (bicyclic) bond motifs is 12. The van der Waals surface area contributed by atoms with Crippen molar-refractivity contribution in [3.05, 3.63) is 138 Å². The molecule has 12 bridgehead atoms. The normalized spacial score (nSPS) is 20.2. The van der Waals surface area contributed by atoms with E-state index in [1.165, 1.54) is 65.1 Å². The molecule has 48 heavy (non-hydrogen) atoms. The summed E-state index contributed by atoms with van der Waals surface area (Å²) in [5, 5.41) is 0. The number of aromatic nitrogens is 4. The molecule has 1 aliphatic rings. The van der Waals surface area contributed by atoms with Crippen LogP contribution in [-0.4, -0.2) is 19.9 Å². The highest BCUT2D eigenvalue weighted by atomic mass is 32.1. The molecule has 6 aromatic heterocycles. The van der Waals surface area contributed by atoms with Gasteiger partial charge >= 0.3 is 0 Å². The van der Waals surface area contributed by atoms with Gasteiger partial charge in [-0.2, -0.15) is 0 Å². The average molecular weight is 677 g/mol. The zero-order valence-corrected chi connectivity index (χ0v) is 32.4. The van der Waals surface area contributed by atoms with Crippen LogP contribution in [0, 0.1) is 0 Å². The number of H-pyrrole nitrogens is 4. The van der Waals surface area contributed by atoms with Crippen LogP contribution in [-0.2, 0) is 32.5 Å². The van der Waals surface area contributed by atoms with E-state index in [1.54, 1.807) is 0 Å². The highest BCUT2D eigenvalue weighted by Gasteiger charge is 2.37. The molecule has 7 rings (SSSR count). The third kappa shape index (κ3) is 4.88. The molecular formula is C42H52N4S2. The van der Waals surface area contributed by atoms with E-state index in [4.69, 9.17) is 0 Å². The molecule has 0 unspecified atom stereocenters. The Hall–Kier alpha value is -3.48. The van der Waals surface area contributed by atoms with Crippen LogP contribution in [0.2, 0.25) is 0 Å². The smallest absolute Gasteiger partial charge is 0.0447 e. The first-order valence-corrected chi connectivity index (χ1v) is 18.9. The van der Waals surface area contributed by atoms with Gasteiger partial charge in [-0.1, -0.05) is 0 Å². The van der Waals surface area contributed by atoms with Gasteiger partial charge in [0.15, 0.2) is 0 Å².